The third-order valence-corrected chi connectivity index (χ3v) is 8.80. The lowest BCUT2D eigenvalue weighted by Gasteiger charge is -2.25. The topological polar surface area (TPSA) is 29.5 Å². The van der Waals surface area contributed by atoms with E-state index in [2.05, 4.69) is 69.6 Å². The SMILES string of the molecule is Cc1c(C)c(C)c(CCN(C)C(=O)c2c(C)c(OCc3ccccc3)c(C)c(C)c2Br)c(C)c1C. The van der Waals surface area contributed by atoms with Crippen LogP contribution in [-0.2, 0) is 13.0 Å². The third-order valence-electron chi connectivity index (χ3n) is 7.81. The molecule has 0 aliphatic carbocycles. The molecule has 0 aliphatic rings. The smallest absolute Gasteiger partial charge is 0.255 e. The van der Waals surface area contributed by atoms with Crippen molar-refractivity contribution in [2.75, 3.05) is 13.6 Å². The summed E-state index contributed by atoms with van der Waals surface area (Å²) in [5.74, 6) is 0.806. The van der Waals surface area contributed by atoms with Gasteiger partial charge in [0, 0.05) is 23.6 Å². The molecular formula is C31H38BrNO2. The van der Waals surface area contributed by atoms with Gasteiger partial charge in [0.2, 0.25) is 0 Å². The van der Waals surface area contributed by atoms with Crippen molar-refractivity contribution in [3.8, 4) is 5.75 Å². The maximum absolute atomic E-state index is 13.7. The number of nitrogens with zero attached hydrogens (tertiary/aromatic N) is 1. The Bertz CT molecular complexity index is 1230. The first kappa shape index (κ1) is 27.0. The van der Waals surface area contributed by atoms with E-state index in [4.69, 9.17) is 4.74 Å². The van der Waals surface area contributed by atoms with Crippen molar-refractivity contribution >= 4 is 21.8 Å². The number of benzene rings is 3. The molecule has 0 saturated carbocycles. The van der Waals surface area contributed by atoms with Crippen molar-refractivity contribution in [1.82, 2.24) is 4.90 Å². The summed E-state index contributed by atoms with van der Waals surface area (Å²) in [4.78, 5) is 15.5. The van der Waals surface area contributed by atoms with Gasteiger partial charge in [0.15, 0.2) is 0 Å². The minimum atomic E-state index is 0.0119. The van der Waals surface area contributed by atoms with E-state index in [-0.39, 0.29) is 5.91 Å². The predicted octanol–water partition coefficient (Wildman–Crippen LogP) is 7.81. The van der Waals surface area contributed by atoms with Crippen molar-refractivity contribution in [3.05, 3.63) is 96.0 Å². The lowest BCUT2D eigenvalue weighted by molar-refractivity contribution is 0.0794. The highest BCUT2D eigenvalue weighted by atomic mass is 79.9. The van der Waals surface area contributed by atoms with E-state index in [1.54, 1.807) is 0 Å². The summed E-state index contributed by atoms with van der Waals surface area (Å²) in [7, 11) is 1.90. The Hall–Kier alpha value is -2.59. The normalized spacial score (nSPS) is 11.0. The number of halogens is 1. The van der Waals surface area contributed by atoms with Crippen molar-refractivity contribution in [3.63, 3.8) is 0 Å². The van der Waals surface area contributed by atoms with Crippen molar-refractivity contribution in [2.24, 2.45) is 0 Å². The van der Waals surface area contributed by atoms with Gasteiger partial charge in [-0.05, 0) is 128 Å². The fourth-order valence-corrected chi connectivity index (χ4v) is 5.57. The van der Waals surface area contributed by atoms with E-state index in [1.807, 2.05) is 44.0 Å². The molecule has 1 amide bonds. The molecule has 3 nitrogen and oxygen atoms in total. The standard InChI is InChI=1S/C31H38BrNO2/c1-18-19(2)21(4)27(22(5)20(18)3)15-16-33(9)31(34)28-25(8)30(24(7)23(6)29(28)32)35-17-26-13-11-10-12-14-26/h10-14H,15-17H2,1-9H3. The maximum atomic E-state index is 13.7. The first-order valence-corrected chi connectivity index (χ1v) is 13.0. The number of hydrogen-bond donors (Lipinski definition) is 0. The number of ether oxygens (including phenoxy) is 1. The second-order valence-electron chi connectivity index (χ2n) is 9.75. The van der Waals surface area contributed by atoms with Crippen LogP contribution >= 0.6 is 15.9 Å². The summed E-state index contributed by atoms with van der Waals surface area (Å²) >= 11 is 3.72. The van der Waals surface area contributed by atoms with Crippen LogP contribution in [0.3, 0.4) is 0 Å². The fourth-order valence-electron chi connectivity index (χ4n) is 4.81. The van der Waals surface area contributed by atoms with Gasteiger partial charge in [-0.25, -0.2) is 0 Å². The lowest BCUT2D eigenvalue weighted by atomic mass is 9.88. The minimum Gasteiger partial charge on any atom is -0.488 e. The van der Waals surface area contributed by atoms with Gasteiger partial charge >= 0.3 is 0 Å². The monoisotopic (exact) mass is 535 g/mol. The van der Waals surface area contributed by atoms with Crippen LogP contribution in [0.1, 0.15) is 66.0 Å². The van der Waals surface area contributed by atoms with Gasteiger partial charge in [-0.3, -0.25) is 4.79 Å². The molecule has 35 heavy (non-hydrogen) atoms. The highest BCUT2D eigenvalue weighted by Crippen LogP contribution is 2.37. The molecule has 0 unspecified atom stereocenters. The summed E-state index contributed by atoms with van der Waals surface area (Å²) < 4.78 is 7.12. The number of carbonyl (C=O) groups is 1. The maximum Gasteiger partial charge on any atom is 0.255 e. The molecule has 0 spiro atoms. The molecule has 0 heterocycles. The summed E-state index contributed by atoms with van der Waals surface area (Å²) in [5, 5.41) is 0. The van der Waals surface area contributed by atoms with Gasteiger partial charge < -0.3 is 9.64 Å². The highest BCUT2D eigenvalue weighted by molar-refractivity contribution is 9.10. The van der Waals surface area contributed by atoms with Crippen LogP contribution in [0.4, 0.5) is 0 Å². The molecular weight excluding hydrogens is 498 g/mol. The second-order valence-corrected chi connectivity index (χ2v) is 10.5. The Morgan fingerprint density at radius 2 is 1.31 bits per heavy atom. The first-order chi connectivity index (χ1) is 16.5. The van der Waals surface area contributed by atoms with Crippen molar-refractivity contribution < 1.29 is 9.53 Å². The molecule has 0 fully saturated rings. The fraction of sp³-hybridized carbons (Fsp3) is 0.387. The molecule has 0 radical (unpaired) electrons. The molecule has 0 aliphatic heterocycles. The minimum absolute atomic E-state index is 0.0119. The van der Waals surface area contributed by atoms with Gasteiger partial charge in [0.05, 0.1) is 5.56 Å². The summed E-state index contributed by atoms with van der Waals surface area (Å²) in [6.07, 6.45) is 0.834. The van der Waals surface area contributed by atoms with Gasteiger partial charge in [0.1, 0.15) is 12.4 Å². The van der Waals surface area contributed by atoms with Crippen LogP contribution < -0.4 is 4.74 Å². The largest absolute Gasteiger partial charge is 0.488 e. The molecule has 4 heteroatoms. The Kier molecular flexibility index (Phi) is 8.48. The van der Waals surface area contributed by atoms with Crippen LogP contribution in [0.2, 0.25) is 0 Å². The summed E-state index contributed by atoms with van der Waals surface area (Å²) in [5.41, 5.74) is 12.9. The average Bonchev–Trinajstić information content (AvgIpc) is 2.85. The Balaban J connectivity index is 1.88. The molecule has 3 aromatic carbocycles. The van der Waals surface area contributed by atoms with Crippen LogP contribution in [0.15, 0.2) is 34.8 Å². The summed E-state index contributed by atoms with van der Waals surface area (Å²) in [6, 6.07) is 10.1. The molecule has 0 bridgehead atoms. The van der Waals surface area contributed by atoms with Crippen molar-refractivity contribution in [2.45, 2.75) is 68.4 Å². The molecule has 0 N–H and O–H groups in total. The van der Waals surface area contributed by atoms with E-state index in [1.165, 1.54) is 33.4 Å². The molecule has 3 aromatic rings. The Labute approximate surface area is 219 Å². The summed E-state index contributed by atoms with van der Waals surface area (Å²) in [6.45, 7) is 18.2. The van der Waals surface area contributed by atoms with Gasteiger partial charge in [-0.15, -0.1) is 0 Å². The predicted molar refractivity (Wildman–Crippen MR) is 150 cm³/mol. The first-order valence-electron chi connectivity index (χ1n) is 12.2. The van der Waals surface area contributed by atoms with E-state index < -0.39 is 0 Å². The zero-order valence-corrected chi connectivity index (χ0v) is 24.2. The van der Waals surface area contributed by atoms with E-state index in [0.717, 1.165) is 38.9 Å². The zero-order chi connectivity index (χ0) is 26.0. The Morgan fingerprint density at radius 3 is 1.89 bits per heavy atom. The van der Waals surface area contributed by atoms with Crippen LogP contribution in [0.25, 0.3) is 0 Å². The molecule has 0 aromatic heterocycles. The van der Waals surface area contributed by atoms with Crippen LogP contribution in [-0.4, -0.2) is 24.4 Å². The number of amides is 1. The van der Waals surface area contributed by atoms with E-state index >= 15 is 0 Å². The molecule has 0 saturated heterocycles. The van der Waals surface area contributed by atoms with Gasteiger partial charge in [-0.2, -0.15) is 0 Å². The molecule has 186 valence electrons. The van der Waals surface area contributed by atoms with Crippen LogP contribution in [0, 0.1) is 55.4 Å². The quantitative estimate of drug-likeness (QED) is 0.308. The van der Waals surface area contributed by atoms with Gasteiger partial charge in [-0.1, -0.05) is 30.3 Å². The zero-order valence-electron chi connectivity index (χ0n) is 22.6. The van der Waals surface area contributed by atoms with E-state index in [9.17, 15) is 4.79 Å². The number of likely N-dealkylation sites (N-methyl/N-ethyl adjacent to an activating group) is 1. The van der Waals surface area contributed by atoms with E-state index in [0.29, 0.717) is 18.7 Å². The second kappa shape index (κ2) is 11.0. The lowest BCUT2D eigenvalue weighted by Crippen LogP contribution is -2.30. The van der Waals surface area contributed by atoms with Crippen LogP contribution in [0.5, 0.6) is 5.75 Å². The number of hydrogen-bond acceptors (Lipinski definition) is 2. The third kappa shape index (κ3) is 5.33. The van der Waals surface area contributed by atoms with Gasteiger partial charge in [0.25, 0.3) is 5.91 Å². The average molecular weight is 537 g/mol. The van der Waals surface area contributed by atoms with Crippen molar-refractivity contribution in [1.29, 1.82) is 0 Å². The number of carbonyl (C=O) groups excluding carboxylic acids is 1. The Morgan fingerprint density at radius 1 is 0.771 bits per heavy atom. The molecule has 3 rings (SSSR count). The molecule has 0 atom stereocenters. The number of rotatable bonds is 7. The highest BCUT2D eigenvalue weighted by Gasteiger charge is 2.25.